The Morgan fingerprint density at radius 3 is 2.75 bits per heavy atom. The molecule has 0 heterocycles. The standard InChI is InChI=1S/C16H23FN2O/c1-11-7-4-3-5-10-14(11)19-16(20)12-8-6-9-13(17)15(12)18-2/h6,8-9,11,14,18H,3-5,7,10H2,1-2H3,(H,19,20). The Bertz CT molecular complexity index is 476. The predicted octanol–water partition coefficient (Wildman–Crippen LogP) is 3.57. The summed E-state index contributed by atoms with van der Waals surface area (Å²) in [5.74, 6) is -0.102. The van der Waals surface area contributed by atoms with Crippen LogP contribution in [0.2, 0.25) is 0 Å². The van der Waals surface area contributed by atoms with Crippen LogP contribution in [-0.4, -0.2) is 19.0 Å². The fourth-order valence-electron chi connectivity index (χ4n) is 2.92. The molecule has 110 valence electrons. The molecule has 1 aliphatic carbocycles. The summed E-state index contributed by atoms with van der Waals surface area (Å²) in [6.45, 7) is 2.18. The first kappa shape index (κ1) is 14.8. The van der Waals surface area contributed by atoms with Crippen LogP contribution in [0.25, 0.3) is 0 Å². The Kier molecular flexibility index (Phi) is 4.99. The molecular formula is C16H23FN2O. The van der Waals surface area contributed by atoms with Gasteiger partial charge in [0.1, 0.15) is 5.82 Å². The maximum absolute atomic E-state index is 13.7. The van der Waals surface area contributed by atoms with Gasteiger partial charge in [-0.25, -0.2) is 4.39 Å². The van der Waals surface area contributed by atoms with Gasteiger partial charge in [0.15, 0.2) is 0 Å². The maximum atomic E-state index is 13.7. The molecule has 1 aliphatic rings. The monoisotopic (exact) mass is 278 g/mol. The van der Waals surface area contributed by atoms with Crippen molar-refractivity contribution in [3.63, 3.8) is 0 Å². The molecule has 0 spiro atoms. The number of anilines is 1. The zero-order valence-electron chi connectivity index (χ0n) is 12.2. The highest BCUT2D eigenvalue weighted by atomic mass is 19.1. The van der Waals surface area contributed by atoms with Crippen LogP contribution in [0.5, 0.6) is 0 Å². The van der Waals surface area contributed by atoms with E-state index in [0.717, 1.165) is 19.3 Å². The van der Waals surface area contributed by atoms with E-state index >= 15 is 0 Å². The number of rotatable bonds is 3. The van der Waals surface area contributed by atoms with E-state index in [1.165, 1.54) is 18.9 Å². The second-order valence-electron chi connectivity index (χ2n) is 5.61. The van der Waals surface area contributed by atoms with Gasteiger partial charge in [-0.2, -0.15) is 0 Å². The van der Waals surface area contributed by atoms with Gasteiger partial charge >= 0.3 is 0 Å². The average molecular weight is 278 g/mol. The smallest absolute Gasteiger partial charge is 0.253 e. The maximum Gasteiger partial charge on any atom is 0.253 e. The normalized spacial score (nSPS) is 22.9. The van der Waals surface area contributed by atoms with Crippen LogP contribution < -0.4 is 10.6 Å². The number of amides is 1. The van der Waals surface area contributed by atoms with Crippen molar-refractivity contribution >= 4 is 11.6 Å². The molecule has 1 saturated carbocycles. The highest BCUT2D eigenvalue weighted by molar-refractivity contribution is 5.99. The molecule has 2 atom stereocenters. The zero-order chi connectivity index (χ0) is 14.5. The Hall–Kier alpha value is -1.58. The summed E-state index contributed by atoms with van der Waals surface area (Å²) in [5, 5.41) is 5.85. The van der Waals surface area contributed by atoms with Crippen molar-refractivity contribution in [2.75, 3.05) is 12.4 Å². The minimum absolute atomic E-state index is 0.187. The molecule has 1 aromatic rings. The van der Waals surface area contributed by atoms with Gasteiger partial charge in [-0.15, -0.1) is 0 Å². The van der Waals surface area contributed by atoms with Gasteiger partial charge in [0.05, 0.1) is 11.3 Å². The third-order valence-corrected chi connectivity index (χ3v) is 4.19. The molecule has 2 rings (SSSR count). The SMILES string of the molecule is CNc1c(F)cccc1C(=O)NC1CCCCCC1C. The van der Waals surface area contributed by atoms with Gasteiger partial charge < -0.3 is 10.6 Å². The van der Waals surface area contributed by atoms with Gasteiger partial charge in [-0.05, 0) is 30.9 Å². The number of nitrogens with one attached hydrogen (secondary N) is 2. The molecule has 4 heteroatoms. The lowest BCUT2D eigenvalue weighted by Gasteiger charge is -2.23. The molecule has 0 radical (unpaired) electrons. The first-order valence-corrected chi connectivity index (χ1v) is 7.40. The summed E-state index contributed by atoms with van der Waals surface area (Å²) < 4.78 is 13.7. The molecule has 0 saturated heterocycles. The summed E-state index contributed by atoms with van der Waals surface area (Å²) >= 11 is 0. The van der Waals surface area contributed by atoms with Gasteiger partial charge in [0, 0.05) is 13.1 Å². The first-order valence-electron chi connectivity index (χ1n) is 7.40. The Morgan fingerprint density at radius 2 is 2.00 bits per heavy atom. The van der Waals surface area contributed by atoms with Gasteiger partial charge in [0.25, 0.3) is 5.91 Å². The lowest BCUT2D eigenvalue weighted by molar-refractivity contribution is 0.0922. The summed E-state index contributed by atoms with van der Waals surface area (Å²) in [5.41, 5.74) is 0.648. The van der Waals surface area contributed by atoms with Crippen molar-refractivity contribution in [1.82, 2.24) is 5.32 Å². The number of para-hydroxylation sites is 1. The second kappa shape index (κ2) is 6.73. The van der Waals surface area contributed by atoms with Crippen LogP contribution in [-0.2, 0) is 0 Å². The van der Waals surface area contributed by atoms with E-state index in [4.69, 9.17) is 0 Å². The van der Waals surface area contributed by atoms with Crippen LogP contribution in [0, 0.1) is 11.7 Å². The zero-order valence-corrected chi connectivity index (χ0v) is 12.2. The summed E-state index contributed by atoms with van der Waals surface area (Å²) in [7, 11) is 1.63. The quantitative estimate of drug-likeness (QED) is 0.830. The topological polar surface area (TPSA) is 41.1 Å². The van der Waals surface area contributed by atoms with Crippen molar-refractivity contribution < 1.29 is 9.18 Å². The van der Waals surface area contributed by atoms with Crippen LogP contribution in [0.3, 0.4) is 0 Å². The molecule has 1 fully saturated rings. The van der Waals surface area contributed by atoms with Crippen molar-refractivity contribution in [2.24, 2.45) is 5.92 Å². The number of carbonyl (C=O) groups excluding carboxylic acids is 1. The van der Waals surface area contributed by atoms with Gasteiger partial charge in [-0.1, -0.05) is 32.3 Å². The fraction of sp³-hybridized carbons (Fsp3) is 0.562. The van der Waals surface area contributed by atoms with E-state index in [1.807, 2.05) is 0 Å². The molecular weight excluding hydrogens is 255 g/mol. The van der Waals surface area contributed by atoms with Gasteiger partial charge in [-0.3, -0.25) is 4.79 Å². The molecule has 3 nitrogen and oxygen atoms in total. The average Bonchev–Trinajstić information content (AvgIpc) is 2.64. The predicted molar refractivity (Wildman–Crippen MR) is 79.4 cm³/mol. The second-order valence-corrected chi connectivity index (χ2v) is 5.61. The number of halogens is 1. The molecule has 2 unspecified atom stereocenters. The molecule has 0 aromatic heterocycles. The van der Waals surface area contributed by atoms with Crippen molar-refractivity contribution in [2.45, 2.75) is 45.1 Å². The number of hydrogen-bond acceptors (Lipinski definition) is 2. The van der Waals surface area contributed by atoms with E-state index < -0.39 is 5.82 Å². The van der Waals surface area contributed by atoms with Crippen molar-refractivity contribution in [1.29, 1.82) is 0 Å². The molecule has 0 aliphatic heterocycles. The molecule has 1 aromatic carbocycles. The Balaban J connectivity index is 2.13. The molecule has 0 bridgehead atoms. The lowest BCUT2D eigenvalue weighted by atomic mass is 9.96. The van der Waals surface area contributed by atoms with Gasteiger partial charge in [0.2, 0.25) is 0 Å². The molecule has 1 amide bonds. The van der Waals surface area contributed by atoms with Crippen LogP contribution in [0.15, 0.2) is 18.2 Å². The van der Waals surface area contributed by atoms with Crippen LogP contribution in [0.4, 0.5) is 10.1 Å². The largest absolute Gasteiger partial charge is 0.385 e. The lowest BCUT2D eigenvalue weighted by Crippen LogP contribution is -2.39. The number of carbonyl (C=O) groups is 1. The fourth-order valence-corrected chi connectivity index (χ4v) is 2.92. The summed E-state index contributed by atoms with van der Waals surface area (Å²) in [6.07, 6.45) is 5.77. The van der Waals surface area contributed by atoms with E-state index in [1.54, 1.807) is 19.2 Å². The number of hydrogen-bond donors (Lipinski definition) is 2. The van der Waals surface area contributed by atoms with Crippen LogP contribution in [0.1, 0.15) is 49.4 Å². The van der Waals surface area contributed by atoms with E-state index in [2.05, 4.69) is 17.6 Å². The first-order chi connectivity index (χ1) is 9.63. The van der Waals surface area contributed by atoms with E-state index in [-0.39, 0.29) is 17.6 Å². The third kappa shape index (κ3) is 3.30. The Morgan fingerprint density at radius 1 is 1.25 bits per heavy atom. The highest BCUT2D eigenvalue weighted by Gasteiger charge is 2.23. The molecule has 2 N–H and O–H groups in total. The summed E-state index contributed by atoms with van der Waals surface area (Å²) in [4.78, 5) is 12.4. The number of benzene rings is 1. The summed E-state index contributed by atoms with van der Waals surface area (Å²) in [6, 6.07) is 4.78. The minimum atomic E-state index is -0.394. The van der Waals surface area contributed by atoms with Crippen LogP contribution >= 0.6 is 0 Å². The highest BCUT2D eigenvalue weighted by Crippen LogP contribution is 2.24. The van der Waals surface area contributed by atoms with Crippen molar-refractivity contribution in [3.8, 4) is 0 Å². The van der Waals surface area contributed by atoms with E-state index in [0.29, 0.717) is 11.5 Å². The van der Waals surface area contributed by atoms with Crippen molar-refractivity contribution in [3.05, 3.63) is 29.6 Å². The third-order valence-electron chi connectivity index (χ3n) is 4.19. The minimum Gasteiger partial charge on any atom is -0.385 e. The van der Waals surface area contributed by atoms with E-state index in [9.17, 15) is 9.18 Å². The molecule has 20 heavy (non-hydrogen) atoms. The Labute approximate surface area is 120 Å².